The van der Waals surface area contributed by atoms with E-state index >= 15 is 0 Å². The molecule has 0 aromatic heterocycles. The number of thioether (sulfide) groups is 1. The van der Waals surface area contributed by atoms with Gasteiger partial charge in [-0.1, -0.05) is 45.0 Å². The first-order valence-electron chi connectivity index (χ1n) is 10.2. The molecule has 7 heteroatoms. The quantitative estimate of drug-likeness (QED) is 0.674. The third-order valence-corrected chi connectivity index (χ3v) is 8.26. The number of benzene rings is 2. The fourth-order valence-electron chi connectivity index (χ4n) is 3.62. The number of nitrogens with zero attached hydrogens (tertiary/aromatic N) is 1. The van der Waals surface area contributed by atoms with Gasteiger partial charge in [0.1, 0.15) is 0 Å². The van der Waals surface area contributed by atoms with Gasteiger partial charge in [0.25, 0.3) is 0 Å². The summed E-state index contributed by atoms with van der Waals surface area (Å²) in [6.07, 6.45) is 3.02. The van der Waals surface area contributed by atoms with E-state index < -0.39 is 10.0 Å². The maximum atomic E-state index is 13.0. The number of rotatable bonds is 5. The van der Waals surface area contributed by atoms with Gasteiger partial charge in [-0.3, -0.25) is 4.79 Å². The van der Waals surface area contributed by atoms with Gasteiger partial charge in [-0.15, -0.1) is 11.8 Å². The van der Waals surface area contributed by atoms with Crippen LogP contribution in [0.4, 0.5) is 5.69 Å². The van der Waals surface area contributed by atoms with E-state index in [9.17, 15) is 13.2 Å². The molecule has 0 bridgehead atoms. The minimum Gasteiger partial charge on any atom is -0.325 e. The van der Waals surface area contributed by atoms with Crippen LogP contribution in [0.3, 0.4) is 0 Å². The summed E-state index contributed by atoms with van der Waals surface area (Å²) in [6.45, 7) is 7.01. The first-order valence-corrected chi connectivity index (χ1v) is 12.8. The Kier molecular flexibility index (Phi) is 6.95. The molecule has 3 rings (SSSR count). The first kappa shape index (κ1) is 22.8. The van der Waals surface area contributed by atoms with Crippen molar-refractivity contribution in [3.63, 3.8) is 0 Å². The number of hydrogen-bond donors (Lipinski definition) is 1. The number of para-hydroxylation sites is 1. The van der Waals surface area contributed by atoms with Crippen molar-refractivity contribution in [3.8, 4) is 0 Å². The van der Waals surface area contributed by atoms with Gasteiger partial charge in [-0.25, -0.2) is 8.42 Å². The fraction of sp³-hybridized carbons (Fsp3) is 0.435. The summed E-state index contributed by atoms with van der Waals surface area (Å²) in [5, 5.41) is 3.01. The Morgan fingerprint density at radius 1 is 1.03 bits per heavy atom. The smallest absolute Gasteiger partial charge is 0.243 e. The zero-order valence-electron chi connectivity index (χ0n) is 18.0. The summed E-state index contributed by atoms with van der Waals surface area (Å²) >= 11 is 1.59. The van der Waals surface area contributed by atoms with Crippen LogP contribution in [0, 0.1) is 5.92 Å². The molecule has 1 aliphatic rings. The molecule has 1 fully saturated rings. The highest BCUT2D eigenvalue weighted by Gasteiger charge is 2.32. The van der Waals surface area contributed by atoms with E-state index in [1.54, 1.807) is 23.9 Å². The molecule has 1 aliphatic heterocycles. The van der Waals surface area contributed by atoms with Crippen LogP contribution >= 0.6 is 11.8 Å². The summed E-state index contributed by atoms with van der Waals surface area (Å²) in [5.74, 6) is -0.224. The Balaban J connectivity index is 1.63. The number of carbonyl (C=O) groups is 1. The van der Waals surface area contributed by atoms with Crippen molar-refractivity contribution in [2.75, 3.05) is 24.7 Å². The molecule has 0 atom stereocenters. The van der Waals surface area contributed by atoms with E-state index in [1.165, 1.54) is 4.31 Å². The Bertz CT molecular complexity index is 988. The average Bonchev–Trinajstić information content (AvgIpc) is 2.73. The van der Waals surface area contributed by atoms with Crippen LogP contribution in [-0.2, 0) is 20.2 Å². The Hall–Kier alpha value is -1.83. The Morgan fingerprint density at radius 2 is 1.63 bits per heavy atom. The van der Waals surface area contributed by atoms with E-state index in [1.807, 2.05) is 42.7 Å². The summed E-state index contributed by atoms with van der Waals surface area (Å²) in [7, 11) is -3.54. The molecule has 0 radical (unpaired) electrons. The van der Waals surface area contributed by atoms with Crippen molar-refractivity contribution in [1.82, 2.24) is 4.31 Å². The predicted molar refractivity (Wildman–Crippen MR) is 123 cm³/mol. The topological polar surface area (TPSA) is 66.5 Å². The van der Waals surface area contributed by atoms with Crippen molar-refractivity contribution in [2.24, 2.45) is 5.92 Å². The summed E-state index contributed by atoms with van der Waals surface area (Å²) < 4.78 is 27.5. The van der Waals surface area contributed by atoms with E-state index in [4.69, 9.17) is 0 Å². The van der Waals surface area contributed by atoms with E-state index in [-0.39, 0.29) is 17.2 Å². The van der Waals surface area contributed by atoms with Crippen LogP contribution < -0.4 is 5.32 Å². The summed E-state index contributed by atoms with van der Waals surface area (Å²) in [5.41, 5.74) is 1.88. The maximum absolute atomic E-state index is 13.0. The molecular formula is C23H30N2O3S2. The van der Waals surface area contributed by atoms with E-state index in [0.717, 1.165) is 16.1 Å². The Morgan fingerprint density at radius 3 is 2.20 bits per heavy atom. The van der Waals surface area contributed by atoms with Gasteiger partial charge < -0.3 is 5.32 Å². The summed E-state index contributed by atoms with van der Waals surface area (Å²) in [6, 6.07) is 14.9. The van der Waals surface area contributed by atoms with Gasteiger partial charge in [0.15, 0.2) is 0 Å². The van der Waals surface area contributed by atoms with Gasteiger partial charge >= 0.3 is 0 Å². The average molecular weight is 447 g/mol. The molecular weight excluding hydrogens is 416 g/mol. The molecule has 1 N–H and O–H groups in total. The molecule has 2 aromatic carbocycles. The largest absolute Gasteiger partial charge is 0.325 e. The molecule has 0 aliphatic carbocycles. The number of anilines is 1. The van der Waals surface area contributed by atoms with Gasteiger partial charge in [0, 0.05) is 23.9 Å². The van der Waals surface area contributed by atoms with Crippen LogP contribution in [0.1, 0.15) is 39.2 Å². The second-order valence-corrected chi connectivity index (χ2v) is 11.4. The van der Waals surface area contributed by atoms with E-state index in [0.29, 0.717) is 30.8 Å². The molecule has 1 amide bonds. The van der Waals surface area contributed by atoms with Crippen LogP contribution in [0.5, 0.6) is 0 Å². The van der Waals surface area contributed by atoms with Gasteiger partial charge in [0.2, 0.25) is 15.9 Å². The van der Waals surface area contributed by atoms with Gasteiger partial charge in [-0.05, 0) is 54.3 Å². The molecule has 1 saturated heterocycles. The van der Waals surface area contributed by atoms with Crippen molar-refractivity contribution in [1.29, 1.82) is 0 Å². The monoisotopic (exact) mass is 446 g/mol. The second-order valence-electron chi connectivity index (χ2n) is 8.64. The minimum atomic E-state index is -3.54. The van der Waals surface area contributed by atoms with Crippen molar-refractivity contribution in [3.05, 3.63) is 54.1 Å². The van der Waals surface area contributed by atoms with Crippen molar-refractivity contribution >= 4 is 33.4 Å². The number of amides is 1. The molecule has 0 spiro atoms. The predicted octanol–water partition coefficient (Wildman–Crippen LogP) is 4.75. The standard InChI is InChI=1S/C23H30N2O3S2/c1-23(2,3)18-9-11-19(12-10-18)30(27,28)25-15-13-17(14-16-25)22(26)24-20-7-5-6-8-21(20)29-4/h5-12,17H,13-16H2,1-4H3,(H,24,26). The SMILES string of the molecule is CSc1ccccc1NC(=O)C1CCN(S(=O)(=O)c2ccc(C(C)(C)C)cc2)CC1. The number of piperidine rings is 1. The minimum absolute atomic E-state index is 0.0249. The highest BCUT2D eigenvalue weighted by atomic mass is 32.2. The van der Waals surface area contributed by atoms with E-state index in [2.05, 4.69) is 26.1 Å². The van der Waals surface area contributed by atoms with Gasteiger partial charge in [0.05, 0.1) is 10.6 Å². The lowest BCUT2D eigenvalue weighted by Crippen LogP contribution is -2.41. The number of carbonyl (C=O) groups excluding carboxylic acids is 1. The van der Waals surface area contributed by atoms with Crippen LogP contribution in [0.2, 0.25) is 0 Å². The molecule has 162 valence electrons. The molecule has 5 nitrogen and oxygen atoms in total. The van der Waals surface area contributed by atoms with Crippen LogP contribution in [-0.4, -0.2) is 38.0 Å². The third-order valence-electron chi connectivity index (χ3n) is 5.55. The number of hydrogen-bond acceptors (Lipinski definition) is 4. The fourth-order valence-corrected chi connectivity index (χ4v) is 5.64. The molecule has 1 heterocycles. The normalized spacial score (nSPS) is 16.4. The lowest BCUT2D eigenvalue weighted by atomic mass is 9.87. The Labute approximate surface area is 184 Å². The zero-order chi connectivity index (χ0) is 21.9. The van der Waals surface area contributed by atoms with Crippen molar-refractivity contribution in [2.45, 2.75) is 48.8 Å². The molecule has 2 aromatic rings. The number of sulfonamides is 1. The highest BCUT2D eigenvalue weighted by Crippen LogP contribution is 2.29. The lowest BCUT2D eigenvalue weighted by Gasteiger charge is -2.31. The lowest BCUT2D eigenvalue weighted by molar-refractivity contribution is -0.120. The van der Waals surface area contributed by atoms with Crippen molar-refractivity contribution < 1.29 is 13.2 Å². The first-order chi connectivity index (χ1) is 14.1. The van der Waals surface area contributed by atoms with Crippen LogP contribution in [0.25, 0.3) is 0 Å². The second kappa shape index (κ2) is 9.12. The number of nitrogens with one attached hydrogen (secondary N) is 1. The molecule has 30 heavy (non-hydrogen) atoms. The summed E-state index contributed by atoms with van der Waals surface area (Å²) in [4.78, 5) is 14.0. The third kappa shape index (κ3) is 5.07. The zero-order valence-corrected chi connectivity index (χ0v) is 19.6. The van der Waals surface area contributed by atoms with Crippen LogP contribution in [0.15, 0.2) is 58.3 Å². The maximum Gasteiger partial charge on any atom is 0.243 e. The molecule has 0 saturated carbocycles. The highest BCUT2D eigenvalue weighted by molar-refractivity contribution is 7.98. The van der Waals surface area contributed by atoms with Gasteiger partial charge in [-0.2, -0.15) is 4.31 Å². The molecule has 0 unspecified atom stereocenters.